The number of nitrogens with zero attached hydrogens (tertiary/aromatic N) is 2. The molecule has 0 spiro atoms. The quantitative estimate of drug-likeness (QED) is 0.603. The first-order valence-electron chi connectivity index (χ1n) is 4.85. The fraction of sp³-hybridized carbons (Fsp3) is 0. The number of anilines is 1. The van der Waals surface area contributed by atoms with Crippen molar-refractivity contribution in [2.45, 2.75) is 0 Å². The molecule has 2 heterocycles. The van der Waals surface area contributed by atoms with Crippen LogP contribution in [-0.2, 0) is 0 Å². The van der Waals surface area contributed by atoms with E-state index in [0.717, 1.165) is 21.8 Å². The Hall–Kier alpha value is -1.87. The highest BCUT2D eigenvalue weighted by Crippen LogP contribution is 2.27. The molecule has 0 aliphatic rings. The smallest absolute Gasteiger partial charge is 0.150 e. The number of nitrogen functional groups attached to an aromatic ring is 1. The van der Waals surface area contributed by atoms with Crippen LogP contribution in [0.1, 0.15) is 0 Å². The molecule has 3 rings (SSSR count). The zero-order chi connectivity index (χ0) is 11.1. The molecule has 0 radical (unpaired) electrons. The first kappa shape index (κ1) is 9.36. The molecule has 0 saturated heterocycles. The molecule has 2 N–H and O–H groups in total. The highest BCUT2D eigenvalue weighted by Gasteiger charge is 2.06. The lowest BCUT2D eigenvalue weighted by Gasteiger charge is -2.05. The number of hydrogen-bond acceptors (Lipinski definition) is 3. The molecule has 0 bridgehead atoms. The lowest BCUT2D eigenvalue weighted by Crippen LogP contribution is -1.94. The summed E-state index contributed by atoms with van der Waals surface area (Å²) in [6.07, 6.45) is 1.71. The van der Waals surface area contributed by atoms with Crippen molar-refractivity contribution in [3.05, 3.63) is 41.6 Å². The van der Waals surface area contributed by atoms with Crippen molar-refractivity contribution in [2.24, 2.45) is 0 Å². The normalized spacial score (nSPS) is 11.1. The summed E-state index contributed by atoms with van der Waals surface area (Å²) in [5.41, 5.74) is 7.41. The van der Waals surface area contributed by atoms with Gasteiger partial charge in [-0.05, 0) is 24.3 Å². The zero-order valence-corrected chi connectivity index (χ0v) is 9.07. The van der Waals surface area contributed by atoms with Crippen LogP contribution >= 0.6 is 11.6 Å². The number of pyridine rings is 2. The van der Waals surface area contributed by atoms with Crippen LogP contribution in [0.15, 0.2) is 36.5 Å². The Kier molecular flexibility index (Phi) is 1.94. The zero-order valence-electron chi connectivity index (χ0n) is 8.31. The van der Waals surface area contributed by atoms with Gasteiger partial charge in [-0.25, -0.2) is 4.98 Å². The lowest BCUT2D eigenvalue weighted by atomic mass is 10.1. The summed E-state index contributed by atoms with van der Waals surface area (Å²) in [6.45, 7) is 0. The van der Waals surface area contributed by atoms with Crippen LogP contribution < -0.4 is 5.73 Å². The fourth-order valence-corrected chi connectivity index (χ4v) is 2.00. The minimum Gasteiger partial charge on any atom is -0.382 e. The highest BCUT2D eigenvalue weighted by atomic mass is 35.5. The largest absolute Gasteiger partial charge is 0.382 e. The Morgan fingerprint density at radius 3 is 2.88 bits per heavy atom. The third kappa shape index (κ3) is 1.29. The second kappa shape index (κ2) is 3.32. The third-order valence-corrected chi connectivity index (χ3v) is 2.78. The summed E-state index contributed by atoms with van der Waals surface area (Å²) in [4.78, 5) is 8.53. The molecule has 0 amide bonds. The van der Waals surface area contributed by atoms with Gasteiger partial charge in [-0.15, -0.1) is 0 Å². The maximum atomic E-state index is 5.98. The van der Waals surface area contributed by atoms with E-state index in [4.69, 9.17) is 17.3 Å². The topological polar surface area (TPSA) is 51.8 Å². The predicted octanol–water partition coefficient (Wildman–Crippen LogP) is 3.02. The second-order valence-electron chi connectivity index (χ2n) is 3.56. The Bertz CT molecular complexity index is 694. The molecule has 16 heavy (non-hydrogen) atoms. The van der Waals surface area contributed by atoms with Gasteiger partial charge in [-0.2, -0.15) is 0 Å². The molecule has 4 heteroatoms. The number of benzene rings is 1. The van der Waals surface area contributed by atoms with Crippen molar-refractivity contribution >= 4 is 39.2 Å². The van der Waals surface area contributed by atoms with E-state index in [2.05, 4.69) is 9.97 Å². The van der Waals surface area contributed by atoms with Crippen LogP contribution in [0.5, 0.6) is 0 Å². The average molecular weight is 230 g/mol. The molecule has 0 fully saturated rings. The Balaban J connectivity index is 2.61. The van der Waals surface area contributed by atoms with Crippen molar-refractivity contribution in [3.63, 3.8) is 0 Å². The maximum absolute atomic E-state index is 5.98. The van der Waals surface area contributed by atoms with Crippen LogP contribution in [0.25, 0.3) is 21.8 Å². The van der Waals surface area contributed by atoms with E-state index in [1.807, 2.05) is 24.3 Å². The molecule has 2 aromatic heterocycles. The predicted molar refractivity (Wildman–Crippen MR) is 66.5 cm³/mol. The van der Waals surface area contributed by atoms with E-state index in [1.165, 1.54) is 0 Å². The minimum atomic E-state index is 0.449. The van der Waals surface area contributed by atoms with Crippen molar-refractivity contribution in [1.82, 2.24) is 9.97 Å². The van der Waals surface area contributed by atoms with Crippen LogP contribution in [-0.4, -0.2) is 9.97 Å². The van der Waals surface area contributed by atoms with Crippen LogP contribution in [0.3, 0.4) is 0 Å². The van der Waals surface area contributed by atoms with Gasteiger partial charge in [0.05, 0.1) is 5.52 Å². The monoisotopic (exact) mass is 229 g/mol. The Morgan fingerprint density at radius 1 is 1.12 bits per heavy atom. The average Bonchev–Trinajstić information content (AvgIpc) is 2.31. The van der Waals surface area contributed by atoms with E-state index < -0.39 is 0 Å². The van der Waals surface area contributed by atoms with E-state index in [1.54, 1.807) is 12.3 Å². The van der Waals surface area contributed by atoms with Gasteiger partial charge in [0, 0.05) is 22.0 Å². The number of hydrogen-bond donors (Lipinski definition) is 1. The van der Waals surface area contributed by atoms with Crippen molar-refractivity contribution < 1.29 is 0 Å². The van der Waals surface area contributed by atoms with Gasteiger partial charge in [0.15, 0.2) is 5.82 Å². The molecule has 0 saturated carbocycles. The van der Waals surface area contributed by atoms with Gasteiger partial charge in [0.1, 0.15) is 5.52 Å². The van der Waals surface area contributed by atoms with Crippen molar-refractivity contribution in [1.29, 1.82) is 0 Å². The van der Waals surface area contributed by atoms with Gasteiger partial charge in [0.25, 0.3) is 0 Å². The molecule has 78 valence electrons. The van der Waals surface area contributed by atoms with Gasteiger partial charge in [-0.3, -0.25) is 4.98 Å². The molecular weight excluding hydrogens is 222 g/mol. The summed E-state index contributed by atoms with van der Waals surface area (Å²) in [6, 6.07) is 9.40. The molecule has 1 aromatic carbocycles. The number of halogens is 1. The molecule has 3 aromatic rings. The van der Waals surface area contributed by atoms with Crippen LogP contribution in [0, 0.1) is 0 Å². The standard InChI is InChI=1S/C12H8ClN3/c13-7-3-4-10-9(6-7)8-2-1-5-15-11(8)12(14)16-10/h1-6H,(H2,14,16). The number of aromatic nitrogens is 2. The Labute approximate surface area is 96.9 Å². The molecular formula is C12H8ClN3. The summed E-state index contributed by atoms with van der Waals surface area (Å²) in [5.74, 6) is 0.449. The van der Waals surface area contributed by atoms with E-state index in [-0.39, 0.29) is 0 Å². The molecule has 0 aliphatic heterocycles. The fourth-order valence-electron chi connectivity index (χ4n) is 1.83. The van der Waals surface area contributed by atoms with E-state index in [9.17, 15) is 0 Å². The summed E-state index contributed by atoms with van der Waals surface area (Å²) in [7, 11) is 0. The first-order chi connectivity index (χ1) is 7.75. The Morgan fingerprint density at radius 2 is 2.00 bits per heavy atom. The maximum Gasteiger partial charge on any atom is 0.150 e. The van der Waals surface area contributed by atoms with Crippen LogP contribution in [0.4, 0.5) is 5.82 Å². The summed E-state index contributed by atoms with van der Waals surface area (Å²) in [5, 5.41) is 2.64. The van der Waals surface area contributed by atoms with Crippen LogP contribution in [0.2, 0.25) is 5.02 Å². The van der Waals surface area contributed by atoms with Crippen molar-refractivity contribution in [2.75, 3.05) is 5.73 Å². The minimum absolute atomic E-state index is 0.449. The molecule has 0 atom stereocenters. The molecule has 3 nitrogen and oxygen atoms in total. The lowest BCUT2D eigenvalue weighted by molar-refractivity contribution is 1.36. The first-order valence-corrected chi connectivity index (χ1v) is 5.23. The van der Waals surface area contributed by atoms with Gasteiger partial charge in [-0.1, -0.05) is 17.7 Å². The highest BCUT2D eigenvalue weighted by molar-refractivity contribution is 6.31. The summed E-state index contributed by atoms with van der Waals surface area (Å²) < 4.78 is 0. The van der Waals surface area contributed by atoms with Gasteiger partial charge >= 0.3 is 0 Å². The molecule has 0 aliphatic carbocycles. The third-order valence-electron chi connectivity index (χ3n) is 2.54. The van der Waals surface area contributed by atoms with E-state index >= 15 is 0 Å². The number of fused-ring (bicyclic) bond motifs is 3. The van der Waals surface area contributed by atoms with E-state index in [0.29, 0.717) is 10.8 Å². The molecule has 0 unspecified atom stereocenters. The summed E-state index contributed by atoms with van der Waals surface area (Å²) >= 11 is 5.98. The van der Waals surface area contributed by atoms with Gasteiger partial charge < -0.3 is 5.73 Å². The SMILES string of the molecule is Nc1nc2ccc(Cl)cc2c2cccnc12. The van der Waals surface area contributed by atoms with Gasteiger partial charge in [0.2, 0.25) is 0 Å². The van der Waals surface area contributed by atoms with Crippen molar-refractivity contribution in [3.8, 4) is 0 Å². The number of nitrogens with two attached hydrogens (primary N) is 1. The number of rotatable bonds is 0. The second-order valence-corrected chi connectivity index (χ2v) is 3.99.